The van der Waals surface area contributed by atoms with Crippen molar-refractivity contribution in [2.45, 2.75) is 4.90 Å². The van der Waals surface area contributed by atoms with Gasteiger partial charge in [-0.15, -0.1) is 0 Å². The average Bonchev–Trinajstić information content (AvgIpc) is 3.05. The van der Waals surface area contributed by atoms with Gasteiger partial charge in [-0.1, -0.05) is 152 Å². The fourth-order valence-corrected chi connectivity index (χ4v) is 6.56. The maximum Gasteiger partial charge on any atom is 0.193 e. The van der Waals surface area contributed by atoms with E-state index in [1.807, 2.05) is 42.5 Å². The zero-order chi connectivity index (χ0) is 28.1. The van der Waals surface area contributed by atoms with E-state index in [2.05, 4.69) is 134 Å². The van der Waals surface area contributed by atoms with Gasteiger partial charge in [-0.25, -0.2) is 0 Å². The van der Waals surface area contributed by atoms with Gasteiger partial charge in [0.2, 0.25) is 0 Å². The van der Waals surface area contributed by atoms with Crippen molar-refractivity contribution >= 4 is 74.8 Å². The van der Waals surface area contributed by atoms with Gasteiger partial charge in [0.25, 0.3) is 0 Å². The molecule has 0 aliphatic heterocycles. The van der Waals surface area contributed by atoms with Crippen LogP contribution in [0.4, 0.5) is 0 Å². The van der Waals surface area contributed by atoms with Crippen LogP contribution in [0.1, 0.15) is 0 Å². The normalized spacial score (nSPS) is 11.1. The number of fused-ring (bicyclic) bond motifs is 2. The molecular formula is C37H29BOS2. The van der Waals surface area contributed by atoms with Crippen molar-refractivity contribution in [2.75, 3.05) is 0 Å². The summed E-state index contributed by atoms with van der Waals surface area (Å²) in [5.74, 6) is 0. The van der Waals surface area contributed by atoms with Gasteiger partial charge in [-0.05, 0) is 36.9 Å². The fourth-order valence-electron chi connectivity index (χ4n) is 5.95. The van der Waals surface area contributed by atoms with Gasteiger partial charge in [0, 0.05) is 10.8 Å². The van der Waals surface area contributed by atoms with E-state index in [1.165, 1.54) is 21.9 Å². The smallest absolute Gasteiger partial charge is 0.193 e. The Morgan fingerprint density at radius 2 is 0.829 bits per heavy atom. The fraction of sp³-hybridized carbons (Fsp3) is 0. The Hall–Kier alpha value is -4.38. The van der Waals surface area contributed by atoms with Crippen molar-refractivity contribution < 1.29 is 4.42 Å². The molecule has 0 aliphatic carbocycles. The number of hydrogen-bond acceptors (Lipinski definition) is 2. The second-order valence-electron chi connectivity index (χ2n) is 10.1. The van der Waals surface area contributed by atoms with Crippen molar-refractivity contribution in [2.24, 2.45) is 0 Å². The quantitative estimate of drug-likeness (QED) is 0.102. The number of benzene rings is 6. The largest absolute Gasteiger partial charge is 0.451 e. The predicted molar refractivity (Wildman–Crippen MR) is 183 cm³/mol. The van der Waals surface area contributed by atoms with E-state index in [0.29, 0.717) is 0 Å². The van der Waals surface area contributed by atoms with Gasteiger partial charge in [0.1, 0.15) is 11.7 Å². The van der Waals surface area contributed by atoms with Crippen molar-refractivity contribution in [3.05, 3.63) is 168 Å². The Labute approximate surface area is 251 Å². The highest BCUT2D eigenvalue weighted by molar-refractivity contribution is 7.72. The van der Waals surface area contributed by atoms with E-state index < -0.39 is 6.15 Å². The molecule has 6 aromatic carbocycles. The third kappa shape index (κ3) is 5.13. The maximum absolute atomic E-state index is 5.84. The predicted octanol–water partition coefficient (Wildman–Crippen LogP) is 6.75. The Morgan fingerprint density at radius 3 is 1.29 bits per heavy atom. The lowest BCUT2D eigenvalue weighted by molar-refractivity contribution is 0.652. The molecule has 1 aromatic heterocycles. The Morgan fingerprint density at radius 1 is 0.439 bits per heavy atom. The van der Waals surface area contributed by atoms with Crippen LogP contribution in [0.3, 0.4) is 0 Å². The molecule has 0 radical (unpaired) electrons. The minimum Gasteiger partial charge on any atom is -0.451 e. The Kier molecular flexibility index (Phi) is 7.86. The van der Waals surface area contributed by atoms with Crippen molar-refractivity contribution in [1.82, 2.24) is 0 Å². The summed E-state index contributed by atoms with van der Waals surface area (Å²) < 4.78 is 6.69. The molecule has 0 saturated heterocycles. The molecule has 0 spiro atoms. The highest BCUT2D eigenvalue weighted by atomic mass is 32.1. The number of rotatable bonds is 4. The van der Waals surface area contributed by atoms with Crippen LogP contribution in [-0.4, -0.2) is 6.15 Å². The van der Waals surface area contributed by atoms with Gasteiger partial charge in [-0.3, -0.25) is 0 Å². The lowest BCUT2D eigenvalue weighted by atomic mass is 9.13. The summed E-state index contributed by atoms with van der Waals surface area (Å²) in [6, 6.07) is 57.3. The second-order valence-corrected chi connectivity index (χ2v) is 11.1. The molecule has 0 unspecified atom stereocenters. The molecule has 198 valence electrons. The monoisotopic (exact) mass is 564 g/mol. The lowest BCUT2D eigenvalue weighted by Gasteiger charge is -2.44. The van der Waals surface area contributed by atoms with Crippen LogP contribution in [0.5, 0.6) is 0 Å². The first-order valence-corrected chi connectivity index (χ1v) is 14.6. The third-order valence-electron chi connectivity index (χ3n) is 7.80. The lowest BCUT2D eigenvalue weighted by Crippen LogP contribution is -2.74. The van der Waals surface area contributed by atoms with Crippen molar-refractivity contribution in [3.63, 3.8) is 0 Å². The molecule has 0 N–H and O–H groups in total. The van der Waals surface area contributed by atoms with E-state index in [0.717, 1.165) is 31.3 Å². The Balaban J connectivity index is 0.000000162. The average molecular weight is 565 g/mol. The molecule has 0 amide bonds. The van der Waals surface area contributed by atoms with E-state index in [-0.39, 0.29) is 0 Å². The molecule has 1 heterocycles. The summed E-state index contributed by atoms with van der Waals surface area (Å²) in [5, 5.41) is 1.96. The molecule has 4 heteroatoms. The SMILES string of the molecule is S=c1c2ccccc2oc2c([SH2+])cccc12.c1ccc([B-](c2ccccc2)(c2ccccc2)c2ccccc2)cc1. The van der Waals surface area contributed by atoms with Gasteiger partial charge in [0.15, 0.2) is 10.5 Å². The minimum atomic E-state index is -1.22. The number of hydrogen-bond donors (Lipinski definition) is 0. The van der Waals surface area contributed by atoms with Gasteiger partial charge in [-0.2, -0.15) is 21.9 Å². The number of para-hydroxylation sites is 2. The molecule has 0 fully saturated rings. The first kappa shape index (κ1) is 26.8. The van der Waals surface area contributed by atoms with Crippen LogP contribution in [0.2, 0.25) is 0 Å². The van der Waals surface area contributed by atoms with Crippen LogP contribution in [0.25, 0.3) is 21.9 Å². The van der Waals surface area contributed by atoms with Crippen molar-refractivity contribution in [3.8, 4) is 0 Å². The van der Waals surface area contributed by atoms with Crippen molar-refractivity contribution in [1.29, 1.82) is 0 Å². The zero-order valence-corrected chi connectivity index (χ0v) is 24.3. The first-order chi connectivity index (χ1) is 20.2. The standard InChI is InChI=1S/C24H20B.C13H8OS2/c1-5-13-21(14-6-1)25(22-15-7-2-8-16-22,23-17-9-3-10-18-23)24-19-11-4-12-20-24;15-11-7-3-5-9-12(11)14-10-6-2-1-4-8(10)13(9)16/h1-20H;1-7,15H/q-1;/p+1. The second kappa shape index (κ2) is 12.0. The van der Waals surface area contributed by atoms with Gasteiger partial charge < -0.3 is 4.42 Å². The van der Waals surface area contributed by atoms with Gasteiger partial charge >= 0.3 is 0 Å². The molecule has 7 rings (SSSR count). The molecular weight excluding hydrogens is 535 g/mol. The third-order valence-corrected chi connectivity index (χ3v) is 8.64. The van der Waals surface area contributed by atoms with Gasteiger partial charge in [0.05, 0.1) is 4.51 Å². The van der Waals surface area contributed by atoms with Crippen LogP contribution in [-0.2, 0) is 12.6 Å². The molecule has 1 nitrogen and oxygen atoms in total. The van der Waals surface area contributed by atoms with E-state index in [1.54, 1.807) is 0 Å². The summed E-state index contributed by atoms with van der Waals surface area (Å²) in [4.78, 5) is 0.925. The molecule has 0 atom stereocenters. The summed E-state index contributed by atoms with van der Waals surface area (Å²) in [5.41, 5.74) is 6.99. The topological polar surface area (TPSA) is 13.1 Å². The summed E-state index contributed by atoms with van der Waals surface area (Å²) in [7, 11) is 0. The van der Waals surface area contributed by atoms with E-state index in [9.17, 15) is 0 Å². The van der Waals surface area contributed by atoms with E-state index in [4.69, 9.17) is 16.6 Å². The van der Waals surface area contributed by atoms with Crippen LogP contribution >= 0.6 is 12.2 Å². The summed E-state index contributed by atoms with van der Waals surface area (Å²) in [6.45, 7) is 0. The maximum atomic E-state index is 5.84. The van der Waals surface area contributed by atoms with Crippen LogP contribution in [0, 0.1) is 4.51 Å². The molecule has 0 bridgehead atoms. The minimum absolute atomic E-state index is 0.808. The summed E-state index contributed by atoms with van der Waals surface area (Å²) >= 11 is 9.00. The van der Waals surface area contributed by atoms with Crippen LogP contribution < -0.4 is 21.9 Å². The molecule has 41 heavy (non-hydrogen) atoms. The molecule has 0 saturated carbocycles. The first-order valence-electron chi connectivity index (χ1n) is 13.7. The zero-order valence-electron chi connectivity index (χ0n) is 22.5. The molecule has 7 aromatic rings. The summed E-state index contributed by atoms with van der Waals surface area (Å²) in [6.07, 6.45) is -1.22. The Bertz CT molecular complexity index is 1790. The highest BCUT2D eigenvalue weighted by Crippen LogP contribution is 2.27. The van der Waals surface area contributed by atoms with Crippen LogP contribution in [0.15, 0.2) is 173 Å². The highest BCUT2D eigenvalue weighted by Gasteiger charge is 2.31. The van der Waals surface area contributed by atoms with E-state index >= 15 is 0 Å². The molecule has 0 aliphatic rings.